The Kier molecular flexibility index (Phi) is 5.79. The van der Waals surface area contributed by atoms with E-state index in [0.717, 1.165) is 67.9 Å². The monoisotopic (exact) mass is 469 g/mol. The Labute approximate surface area is 195 Å². The summed E-state index contributed by atoms with van der Waals surface area (Å²) in [5.74, 6) is 0.514. The van der Waals surface area contributed by atoms with E-state index in [9.17, 15) is 9.18 Å². The molecule has 1 amide bonds. The Morgan fingerprint density at radius 2 is 2.06 bits per heavy atom. The van der Waals surface area contributed by atoms with E-state index in [1.807, 2.05) is 19.2 Å². The lowest BCUT2D eigenvalue weighted by Crippen LogP contribution is -2.29. The number of carbonyl (C=O) groups is 1. The summed E-state index contributed by atoms with van der Waals surface area (Å²) in [6.07, 6.45) is 6.71. The maximum Gasteiger partial charge on any atom is 0.277 e. The molecule has 8 nitrogen and oxygen atoms in total. The number of nitrogens with one attached hydrogen (secondary N) is 1. The summed E-state index contributed by atoms with van der Waals surface area (Å²) in [6, 6.07) is 5.31. The molecule has 33 heavy (non-hydrogen) atoms. The summed E-state index contributed by atoms with van der Waals surface area (Å²) in [5, 5.41) is 7.91. The zero-order chi connectivity index (χ0) is 23.1. The molecular formula is C23H28FN7OS. The fraction of sp³-hybridized carbons (Fsp3) is 0.435. The molecule has 5 N–H and O–H groups in total. The minimum atomic E-state index is -0.436. The van der Waals surface area contributed by atoms with Crippen LogP contribution in [0.5, 0.6) is 0 Å². The highest BCUT2D eigenvalue weighted by molar-refractivity contribution is 7.19. The summed E-state index contributed by atoms with van der Waals surface area (Å²) >= 11 is 1.12. The molecule has 1 atom stereocenters. The quantitative estimate of drug-likeness (QED) is 0.525. The number of nitrogen functional groups attached to an aromatic ring is 1. The van der Waals surface area contributed by atoms with Crippen LogP contribution in [0, 0.1) is 5.82 Å². The number of nitrogens with two attached hydrogens (primary N) is 2. The number of thiazole rings is 1. The molecule has 3 heterocycles. The first-order valence-electron chi connectivity index (χ1n) is 11.3. The lowest BCUT2D eigenvalue weighted by Gasteiger charge is -2.24. The molecule has 1 aromatic carbocycles. The molecule has 10 heteroatoms. The highest BCUT2D eigenvalue weighted by atomic mass is 32.1. The predicted octanol–water partition coefficient (Wildman–Crippen LogP) is 3.71. The van der Waals surface area contributed by atoms with Gasteiger partial charge in [-0.25, -0.2) is 9.37 Å². The van der Waals surface area contributed by atoms with Gasteiger partial charge in [-0.15, -0.1) is 0 Å². The Morgan fingerprint density at radius 3 is 2.85 bits per heavy atom. The lowest BCUT2D eigenvalue weighted by molar-refractivity contribution is 0.102. The summed E-state index contributed by atoms with van der Waals surface area (Å²) in [4.78, 5) is 19.7. The van der Waals surface area contributed by atoms with Crippen LogP contribution in [-0.2, 0) is 7.05 Å². The van der Waals surface area contributed by atoms with Crippen LogP contribution in [0.2, 0.25) is 0 Å². The number of amides is 1. The number of aromatic nitrogens is 3. The number of hydrogen-bond acceptors (Lipinski definition) is 7. The number of aryl methyl sites for hydroxylation is 1. The molecule has 174 valence electrons. The molecule has 1 aliphatic carbocycles. The minimum absolute atomic E-state index is 0.0962. The number of halogens is 1. The summed E-state index contributed by atoms with van der Waals surface area (Å²) in [6.45, 7) is 1.64. The van der Waals surface area contributed by atoms with Gasteiger partial charge in [-0.05, 0) is 55.7 Å². The Hall–Kier alpha value is -2.98. The van der Waals surface area contributed by atoms with Gasteiger partial charge in [-0.1, -0.05) is 17.4 Å². The van der Waals surface area contributed by atoms with Gasteiger partial charge in [0.2, 0.25) is 0 Å². The van der Waals surface area contributed by atoms with Gasteiger partial charge in [0.15, 0.2) is 11.5 Å². The summed E-state index contributed by atoms with van der Waals surface area (Å²) in [7, 11) is 1.85. The van der Waals surface area contributed by atoms with Crippen molar-refractivity contribution in [1.29, 1.82) is 0 Å². The van der Waals surface area contributed by atoms with E-state index in [1.54, 1.807) is 10.9 Å². The first-order valence-corrected chi connectivity index (χ1v) is 12.1. The number of carbonyl (C=O) groups excluding carboxylic acids is 1. The SMILES string of the molecule is Cn1ncc(NC(=O)c2nc(-c3cc(C4CC4)ccc3F)sc2N)c1N1CCCC(N)CC1. The second-order valence-corrected chi connectivity index (χ2v) is 9.91. The van der Waals surface area contributed by atoms with E-state index in [0.29, 0.717) is 22.2 Å². The van der Waals surface area contributed by atoms with Gasteiger partial charge >= 0.3 is 0 Å². The van der Waals surface area contributed by atoms with Gasteiger partial charge < -0.3 is 21.7 Å². The third-order valence-corrected chi connectivity index (χ3v) is 7.28. The molecular weight excluding hydrogens is 441 g/mol. The average Bonchev–Trinajstić information content (AvgIpc) is 3.52. The van der Waals surface area contributed by atoms with Crippen molar-refractivity contribution in [2.75, 3.05) is 29.0 Å². The van der Waals surface area contributed by atoms with Crippen LogP contribution in [0.3, 0.4) is 0 Å². The van der Waals surface area contributed by atoms with Gasteiger partial charge in [0, 0.05) is 31.7 Å². The molecule has 1 saturated carbocycles. The number of anilines is 3. The molecule has 1 unspecified atom stereocenters. The van der Waals surface area contributed by atoms with Crippen molar-refractivity contribution >= 4 is 33.8 Å². The van der Waals surface area contributed by atoms with Crippen molar-refractivity contribution in [2.24, 2.45) is 12.8 Å². The standard InChI is InChI=1S/C23H28FN7OS/c1-30-23(31-9-2-3-15(25)8-10-31)18(12-27-30)28-21(32)19-20(26)33-22(29-19)16-11-14(13-4-5-13)6-7-17(16)24/h6-7,11-13,15H,2-5,8-10,25-26H2,1H3,(H,28,32). The fourth-order valence-electron chi connectivity index (χ4n) is 4.40. The Balaban J connectivity index is 1.39. The Morgan fingerprint density at radius 1 is 1.24 bits per heavy atom. The van der Waals surface area contributed by atoms with Gasteiger partial charge in [0.1, 0.15) is 21.5 Å². The van der Waals surface area contributed by atoms with Gasteiger partial charge in [-0.2, -0.15) is 5.10 Å². The molecule has 3 aromatic rings. The van der Waals surface area contributed by atoms with E-state index >= 15 is 0 Å². The summed E-state index contributed by atoms with van der Waals surface area (Å²) < 4.78 is 16.3. The molecule has 2 aliphatic rings. The van der Waals surface area contributed by atoms with Crippen molar-refractivity contribution in [2.45, 2.75) is 44.1 Å². The van der Waals surface area contributed by atoms with Gasteiger partial charge in [-0.3, -0.25) is 9.48 Å². The average molecular weight is 470 g/mol. The molecule has 1 aliphatic heterocycles. The molecule has 2 fully saturated rings. The van der Waals surface area contributed by atoms with E-state index in [1.165, 1.54) is 6.07 Å². The number of rotatable bonds is 5. The highest BCUT2D eigenvalue weighted by Crippen LogP contribution is 2.42. The third-order valence-electron chi connectivity index (χ3n) is 6.37. The predicted molar refractivity (Wildman–Crippen MR) is 129 cm³/mol. The molecule has 0 radical (unpaired) electrons. The zero-order valence-corrected chi connectivity index (χ0v) is 19.4. The first-order chi connectivity index (χ1) is 15.9. The molecule has 5 rings (SSSR count). The zero-order valence-electron chi connectivity index (χ0n) is 18.6. The second-order valence-electron chi connectivity index (χ2n) is 8.88. The van der Waals surface area contributed by atoms with E-state index in [4.69, 9.17) is 11.5 Å². The van der Waals surface area contributed by atoms with Crippen LogP contribution >= 0.6 is 11.3 Å². The van der Waals surface area contributed by atoms with Crippen molar-refractivity contribution in [3.8, 4) is 10.6 Å². The van der Waals surface area contributed by atoms with Crippen LogP contribution in [0.15, 0.2) is 24.4 Å². The smallest absolute Gasteiger partial charge is 0.277 e. The molecule has 0 spiro atoms. The molecule has 2 aromatic heterocycles. The van der Waals surface area contributed by atoms with Crippen molar-refractivity contribution < 1.29 is 9.18 Å². The van der Waals surface area contributed by atoms with Crippen molar-refractivity contribution in [3.63, 3.8) is 0 Å². The molecule has 0 bridgehead atoms. The van der Waals surface area contributed by atoms with Crippen molar-refractivity contribution in [3.05, 3.63) is 41.5 Å². The summed E-state index contributed by atoms with van der Waals surface area (Å²) in [5.41, 5.74) is 14.4. The largest absolute Gasteiger partial charge is 0.389 e. The second kappa shape index (κ2) is 8.75. The van der Waals surface area contributed by atoms with Crippen molar-refractivity contribution in [1.82, 2.24) is 14.8 Å². The first kappa shape index (κ1) is 21.8. The number of hydrogen-bond donors (Lipinski definition) is 3. The van der Waals surface area contributed by atoms with Crippen LogP contribution in [0.25, 0.3) is 10.6 Å². The number of benzene rings is 1. The fourth-order valence-corrected chi connectivity index (χ4v) is 5.24. The van der Waals surface area contributed by atoms with Crippen LogP contribution in [-0.4, -0.2) is 39.8 Å². The van der Waals surface area contributed by atoms with E-state index in [-0.39, 0.29) is 22.6 Å². The van der Waals surface area contributed by atoms with Crippen LogP contribution in [0.4, 0.5) is 20.9 Å². The Bertz CT molecular complexity index is 1190. The highest BCUT2D eigenvalue weighted by Gasteiger charge is 2.27. The lowest BCUT2D eigenvalue weighted by atomic mass is 10.1. The van der Waals surface area contributed by atoms with E-state index < -0.39 is 5.91 Å². The minimum Gasteiger partial charge on any atom is -0.389 e. The van der Waals surface area contributed by atoms with E-state index in [2.05, 4.69) is 20.3 Å². The third kappa shape index (κ3) is 4.45. The molecule has 1 saturated heterocycles. The van der Waals surface area contributed by atoms with Crippen LogP contribution < -0.4 is 21.7 Å². The van der Waals surface area contributed by atoms with Crippen LogP contribution in [0.1, 0.15) is 54.1 Å². The van der Waals surface area contributed by atoms with Gasteiger partial charge in [0.05, 0.1) is 6.20 Å². The maximum absolute atomic E-state index is 14.6. The topological polar surface area (TPSA) is 115 Å². The normalized spacial score (nSPS) is 18.9. The maximum atomic E-state index is 14.6. The van der Waals surface area contributed by atoms with Gasteiger partial charge in [0.25, 0.3) is 5.91 Å². The number of nitrogens with zero attached hydrogens (tertiary/aromatic N) is 4.